The summed E-state index contributed by atoms with van der Waals surface area (Å²) in [7, 11) is 0. The maximum absolute atomic E-state index is 6.63. The molecule has 0 amide bonds. The fraction of sp³-hybridized carbons (Fsp3) is 0.133. The first kappa shape index (κ1) is 28.9. The standard InChI is InChI=1S/C45H33N3O2/c1-44(2)33-24-23-29-28-15-8-10-18-35(28)50-40(29)39(33)30-22-21-27(25-34(30)45(44,3)4)42-46-41(26-13-6-5-7-14-26)47-43(48-42)32-17-12-20-37-38(32)31-16-9-11-19-36(31)49-37/h5-25H,1-4H3. The predicted molar refractivity (Wildman–Crippen MR) is 202 cm³/mol. The minimum Gasteiger partial charge on any atom is -0.456 e. The maximum atomic E-state index is 6.63. The molecule has 3 heterocycles. The third-order valence-electron chi connectivity index (χ3n) is 11.3. The van der Waals surface area contributed by atoms with E-state index in [1.165, 1.54) is 22.3 Å². The minimum absolute atomic E-state index is 0.196. The molecule has 3 aromatic heterocycles. The SMILES string of the molecule is CC1(C)c2cc(-c3nc(-c4ccccc4)nc(-c4cccc5oc6ccccc6c45)n3)ccc2-c2c(ccc3c2oc2ccccc23)C1(C)C. The van der Waals surface area contributed by atoms with Crippen LogP contribution in [0.15, 0.2) is 136 Å². The largest absolute Gasteiger partial charge is 0.456 e. The van der Waals surface area contributed by atoms with Crippen LogP contribution in [0.3, 0.4) is 0 Å². The number of hydrogen-bond acceptors (Lipinski definition) is 5. The van der Waals surface area contributed by atoms with Gasteiger partial charge in [0, 0.05) is 43.8 Å². The molecular weight excluding hydrogens is 615 g/mol. The first-order valence-corrected chi connectivity index (χ1v) is 17.1. The lowest BCUT2D eigenvalue weighted by Gasteiger charge is -2.48. The summed E-state index contributed by atoms with van der Waals surface area (Å²) >= 11 is 0. The van der Waals surface area contributed by atoms with E-state index in [9.17, 15) is 0 Å². The highest BCUT2D eigenvalue weighted by molar-refractivity contribution is 6.12. The predicted octanol–water partition coefficient (Wildman–Crippen LogP) is 11.9. The summed E-state index contributed by atoms with van der Waals surface area (Å²) in [5.74, 6) is 1.86. The molecular formula is C45H33N3O2. The van der Waals surface area contributed by atoms with Crippen molar-refractivity contribution in [3.05, 3.63) is 139 Å². The van der Waals surface area contributed by atoms with Crippen molar-refractivity contribution in [3.63, 3.8) is 0 Å². The van der Waals surface area contributed by atoms with E-state index in [0.717, 1.165) is 60.6 Å². The number of aromatic nitrogens is 3. The van der Waals surface area contributed by atoms with E-state index in [1.807, 2.05) is 66.7 Å². The van der Waals surface area contributed by atoms with Crippen molar-refractivity contribution in [1.29, 1.82) is 0 Å². The van der Waals surface area contributed by atoms with Crippen molar-refractivity contribution in [3.8, 4) is 45.3 Å². The second-order valence-electron chi connectivity index (χ2n) is 14.4. The van der Waals surface area contributed by atoms with E-state index in [1.54, 1.807) is 0 Å². The van der Waals surface area contributed by atoms with Gasteiger partial charge in [-0.3, -0.25) is 0 Å². The maximum Gasteiger partial charge on any atom is 0.164 e. The van der Waals surface area contributed by atoms with Crippen molar-refractivity contribution < 1.29 is 8.83 Å². The van der Waals surface area contributed by atoms with Gasteiger partial charge in [0.25, 0.3) is 0 Å². The summed E-state index contributed by atoms with van der Waals surface area (Å²) in [6.07, 6.45) is 0. The molecule has 5 nitrogen and oxygen atoms in total. The zero-order valence-corrected chi connectivity index (χ0v) is 28.3. The molecule has 0 bridgehead atoms. The second-order valence-corrected chi connectivity index (χ2v) is 14.4. The fourth-order valence-corrected chi connectivity index (χ4v) is 7.97. The Morgan fingerprint density at radius 1 is 0.440 bits per heavy atom. The van der Waals surface area contributed by atoms with Crippen molar-refractivity contribution in [1.82, 2.24) is 15.0 Å². The number of para-hydroxylation sites is 2. The molecule has 10 rings (SSSR count). The fourth-order valence-electron chi connectivity index (χ4n) is 7.97. The molecule has 0 radical (unpaired) electrons. The van der Waals surface area contributed by atoms with Crippen LogP contribution >= 0.6 is 0 Å². The summed E-state index contributed by atoms with van der Waals surface area (Å²) in [4.78, 5) is 15.4. The summed E-state index contributed by atoms with van der Waals surface area (Å²) < 4.78 is 12.9. The Hall–Kier alpha value is -6.07. The Labute approximate surface area is 289 Å². The smallest absolute Gasteiger partial charge is 0.164 e. The van der Waals surface area contributed by atoms with Gasteiger partial charge >= 0.3 is 0 Å². The first-order valence-electron chi connectivity index (χ1n) is 17.1. The quantitative estimate of drug-likeness (QED) is 0.191. The Balaban J connectivity index is 1.22. The van der Waals surface area contributed by atoms with Gasteiger partial charge < -0.3 is 8.83 Å². The van der Waals surface area contributed by atoms with E-state index >= 15 is 0 Å². The van der Waals surface area contributed by atoms with Gasteiger partial charge in [-0.05, 0) is 51.8 Å². The molecule has 1 aliphatic carbocycles. The molecule has 0 saturated carbocycles. The van der Waals surface area contributed by atoms with Crippen LogP contribution in [0, 0.1) is 0 Å². The molecule has 9 aromatic rings. The van der Waals surface area contributed by atoms with Gasteiger partial charge in [0.1, 0.15) is 22.3 Å². The number of rotatable bonds is 3. The molecule has 6 aromatic carbocycles. The number of nitrogens with zero attached hydrogens (tertiary/aromatic N) is 3. The van der Waals surface area contributed by atoms with Crippen molar-refractivity contribution >= 4 is 43.9 Å². The van der Waals surface area contributed by atoms with E-state index in [2.05, 4.69) is 88.4 Å². The molecule has 240 valence electrons. The normalized spacial score (nSPS) is 14.7. The average Bonchev–Trinajstić information content (AvgIpc) is 3.72. The monoisotopic (exact) mass is 647 g/mol. The molecule has 0 N–H and O–H groups in total. The van der Waals surface area contributed by atoms with Crippen LogP contribution in [0.2, 0.25) is 0 Å². The third kappa shape index (κ3) is 3.98. The number of furan rings is 2. The molecule has 0 fully saturated rings. The van der Waals surface area contributed by atoms with Crippen LogP contribution in [-0.4, -0.2) is 15.0 Å². The van der Waals surface area contributed by atoms with Crippen molar-refractivity contribution in [2.45, 2.75) is 38.5 Å². The Morgan fingerprint density at radius 3 is 1.88 bits per heavy atom. The van der Waals surface area contributed by atoms with Gasteiger partial charge in [-0.25, -0.2) is 15.0 Å². The van der Waals surface area contributed by atoms with Crippen LogP contribution in [0.25, 0.3) is 89.2 Å². The van der Waals surface area contributed by atoms with Crippen LogP contribution in [-0.2, 0) is 10.8 Å². The summed E-state index contributed by atoms with van der Waals surface area (Å²) in [6, 6.07) is 43.9. The molecule has 0 atom stereocenters. The van der Waals surface area contributed by atoms with E-state index in [4.69, 9.17) is 23.8 Å². The highest BCUT2D eigenvalue weighted by Crippen LogP contribution is 2.56. The number of benzene rings is 6. The Bertz CT molecular complexity index is 2820. The van der Waals surface area contributed by atoms with Crippen LogP contribution in [0.1, 0.15) is 38.8 Å². The van der Waals surface area contributed by atoms with Gasteiger partial charge in [-0.15, -0.1) is 0 Å². The molecule has 0 saturated heterocycles. The Morgan fingerprint density at radius 2 is 1.08 bits per heavy atom. The zero-order valence-electron chi connectivity index (χ0n) is 28.3. The van der Waals surface area contributed by atoms with Gasteiger partial charge in [0.2, 0.25) is 0 Å². The van der Waals surface area contributed by atoms with Crippen molar-refractivity contribution in [2.75, 3.05) is 0 Å². The van der Waals surface area contributed by atoms with E-state index < -0.39 is 0 Å². The van der Waals surface area contributed by atoms with Gasteiger partial charge in [-0.2, -0.15) is 0 Å². The lowest BCUT2D eigenvalue weighted by Crippen LogP contribution is -2.43. The summed E-state index contributed by atoms with van der Waals surface area (Å²) in [6.45, 7) is 9.39. The number of fused-ring (bicyclic) bond motifs is 10. The topological polar surface area (TPSA) is 65.0 Å². The summed E-state index contributed by atoms with van der Waals surface area (Å²) in [5.41, 5.74) is 10.8. The molecule has 0 aliphatic heterocycles. The van der Waals surface area contributed by atoms with Gasteiger partial charge in [0.05, 0.1) is 0 Å². The molecule has 50 heavy (non-hydrogen) atoms. The minimum atomic E-state index is -0.218. The molecule has 5 heteroatoms. The summed E-state index contributed by atoms with van der Waals surface area (Å²) in [5, 5.41) is 4.31. The van der Waals surface area contributed by atoms with Gasteiger partial charge in [0.15, 0.2) is 17.5 Å². The van der Waals surface area contributed by atoms with E-state index in [-0.39, 0.29) is 10.8 Å². The van der Waals surface area contributed by atoms with Crippen molar-refractivity contribution in [2.24, 2.45) is 0 Å². The van der Waals surface area contributed by atoms with Crippen LogP contribution in [0.5, 0.6) is 0 Å². The Kier molecular flexibility index (Phi) is 5.91. The zero-order chi connectivity index (χ0) is 33.8. The lowest BCUT2D eigenvalue weighted by atomic mass is 9.55. The highest BCUT2D eigenvalue weighted by Gasteiger charge is 2.47. The average molecular weight is 648 g/mol. The van der Waals surface area contributed by atoms with Crippen LogP contribution in [0.4, 0.5) is 0 Å². The van der Waals surface area contributed by atoms with E-state index in [0.29, 0.717) is 17.5 Å². The molecule has 1 aliphatic rings. The molecule has 0 spiro atoms. The van der Waals surface area contributed by atoms with Gasteiger partial charge in [-0.1, -0.05) is 131 Å². The van der Waals surface area contributed by atoms with Crippen LogP contribution < -0.4 is 0 Å². The number of hydrogen-bond donors (Lipinski definition) is 0. The molecule has 0 unspecified atom stereocenters. The first-order chi connectivity index (χ1) is 24.3. The lowest BCUT2D eigenvalue weighted by molar-refractivity contribution is 0.299. The highest BCUT2D eigenvalue weighted by atomic mass is 16.3. The second kappa shape index (κ2) is 10.2. The third-order valence-corrected chi connectivity index (χ3v) is 11.3.